The zero-order valence-electron chi connectivity index (χ0n) is 9.71. The second kappa shape index (κ2) is 4.33. The molecule has 1 rings (SSSR count). The van der Waals surface area contributed by atoms with Crippen molar-refractivity contribution in [1.29, 1.82) is 0 Å². The molecule has 0 saturated heterocycles. The Balaban J connectivity index is 2.79. The van der Waals surface area contributed by atoms with E-state index in [1.54, 1.807) is 0 Å². The first-order valence-corrected chi connectivity index (χ1v) is 9.28. The highest BCUT2D eigenvalue weighted by molar-refractivity contribution is 6.79. The van der Waals surface area contributed by atoms with Crippen LogP contribution in [0.3, 0.4) is 0 Å². The number of hydrogen-bond acceptors (Lipinski definition) is 2. The van der Waals surface area contributed by atoms with E-state index >= 15 is 0 Å². The van der Waals surface area contributed by atoms with Crippen molar-refractivity contribution in [2.45, 2.75) is 69.5 Å². The molecular weight excluding hydrogens is 192 g/mol. The molecule has 1 saturated carbocycles. The summed E-state index contributed by atoms with van der Waals surface area (Å²) in [5, 5.41) is 19.9. The quantitative estimate of drug-likeness (QED) is 0.660. The molecule has 0 aromatic rings. The number of rotatable bonds is 1. The topological polar surface area (TPSA) is 40.5 Å². The Bertz CT molecular complexity index is 188. The van der Waals surface area contributed by atoms with E-state index in [4.69, 9.17) is 0 Å². The first-order valence-electron chi connectivity index (χ1n) is 5.78. The molecule has 0 aromatic carbocycles. The zero-order chi connectivity index (χ0) is 10.8. The van der Waals surface area contributed by atoms with Crippen molar-refractivity contribution in [3.8, 4) is 0 Å². The fourth-order valence-corrected chi connectivity index (χ4v) is 4.44. The molecule has 2 atom stereocenters. The van der Waals surface area contributed by atoms with Gasteiger partial charge in [0.2, 0.25) is 0 Å². The third kappa shape index (κ3) is 2.38. The van der Waals surface area contributed by atoms with Crippen LogP contribution in [-0.4, -0.2) is 29.6 Å². The molecule has 1 aliphatic carbocycles. The van der Waals surface area contributed by atoms with Crippen LogP contribution in [0, 0.1) is 0 Å². The monoisotopic (exact) mass is 216 g/mol. The Kier molecular flexibility index (Phi) is 3.78. The molecule has 0 amide bonds. The Morgan fingerprint density at radius 3 is 2.21 bits per heavy atom. The molecular formula is C11H24O2Si. The minimum absolute atomic E-state index is 0.491. The maximum absolute atomic E-state index is 10.6. The molecule has 2 N–H and O–H groups in total. The largest absolute Gasteiger partial charge is 0.391 e. The Morgan fingerprint density at radius 2 is 1.64 bits per heavy atom. The van der Waals surface area contributed by atoms with Crippen LogP contribution in [0.15, 0.2) is 0 Å². The number of hydrogen-bond donors (Lipinski definition) is 2. The minimum Gasteiger partial charge on any atom is -0.391 e. The van der Waals surface area contributed by atoms with Crippen LogP contribution in [0.1, 0.15) is 38.5 Å². The van der Waals surface area contributed by atoms with Gasteiger partial charge in [-0.15, -0.1) is 0 Å². The first-order chi connectivity index (χ1) is 6.38. The smallest absolute Gasteiger partial charge is 0.0854 e. The van der Waals surface area contributed by atoms with Crippen LogP contribution in [0.5, 0.6) is 0 Å². The Labute approximate surface area is 88.4 Å². The van der Waals surface area contributed by atoms with Crippen molar-refractivity contribution in [3.05, 3.63) is 0 Å². The van der Waals surface area contributed by atoms with E-state index in [-0.39, 0.29) is 0 Å². The maximum atomic E-state index is 10.6. The minimum atomic E-state index is -1.69. The van der Waals surface area contributed by atoms with Gasteiger partial charge in [-0.2, -0.15) is 0 Å². The predicted molar refractivity (Wildman–Crippen MR) is 62.0 cm³/mol. The van der Waals surface area contributed by atoms with Crippen LogP contribution in [0.4, 0.5) is 0 Å². The Morgan fingerprint density at radius 1 is 1.07 bits per heavy atom. The summed E-state index contributed by atoms with van der Waals surface area (Å²) in [5.41, 5.74) is 0. The highest BCUT2D eigenvalue weighted by Crippen LogP contribution is 2.34. The van der Waals surface area contributed by atoms with Gasteiger partial charge in [-0.3, -0.25) is 0 Å². The van der Waals surface area contributed by atoms with Gasteiger partial charge in [0, 0.05) is 0 Å². The van der Waals surface area contributed by atoms with E-state index < -0.39 is 19.4 Å². The molecule has 1 fully saturated rings. The lowest BCUT2D eigenvalue weighted by Gasteiger charge is -2.43. The second-order valence-corrected chi connectivity index (χ2v) is 11.0. The molecule has 2 nitrogen and oxygen atoms in total. The van der Waals surface area contributed by atoms with E-state index in [9.17, 15) is 10.2 Å². The fraction of sp³-hybridized carbons (Fsp3) is 1.00. The number of aliphatic hydroxyl groups is 2. The molecule has 0 spiro atoms. The summed E-state index contributed by atoms with van der Waals surface area (Å²) in [6.45, 7) is 6.45. The van der Waals surface area contributed by atoms with Gasteiger partial charge in [-0.1, -0.05) is 45.3 Å². The Hall–Kier alpha value is 0.137. The van der Waals surface area contributed by atoms with Crippen LogP contribution < -0.4 is 0 Å². The SMILES string of the molecule is C[Si](C)(C)[C@@]1(O)CCCCCC[C@@H]1O. The van der Waals surface area contributed by atoms with Gasteiger partial charge >= 0.3 is 0 Å². The van der Waals surface area contributed by atoms with E-state index in [0.29, 0.717) is 0 Å². The molecule has 0 aliphatic heterocycles. The summed E-state index contributed by atoms with van der Waals surface area (Å²) < 4.78 is 0. The number of aliphatic hydroxyl groups excluding tert-OH is 1. The van der Waals surface area contributed by atoms with E-state index in [0.717, 1.165) is 25.7 Å². The van der Waals surface area contributed by atoms with Gasteiger partial charge in [0.15, 0.2) is 0 Å². The van der Waals surface area contributed by atoms with Crippen LogP contribution in [0.2, 0.25) is 19.6 Å². The van der Waals surface area contributed by atoms with Crippen molar-refractivity contribution in [2.24, 2.45) is 0 Å². The van der Waals surface area contributed by atoms with Gasteiger partial charge in [0.1, 0.15) is 0 Å². The molecule has 1 aliphatic rings. The van der Waals surface area contributed by atoms with E-state index in [2.05, 4.69) is 19.6 Å². The molecule has 0 radical (unpaired) electrons. The molecule has 0 heterocycles. The lowest BCUT2D eigenvalue weighted by Crippen LogP contribution is -2.60. The second-order valence-electron chi connectivity index (χ2n) is 5.64. The highest BCUT2D eigenvalue weighted by Gasteiger charge is 2.46. The summed E-state index contributed by atoms with van der Waals surface area (Å²) in [4.78, 5) is 0. The lowest BCUT2D eigenvalue weighted by molar-refractivity contribution is -0.0373. The molecule has 0 unspecified atom stereocenters. The van der Waals surface area contributed by atoms with Gasteiger partial charge in [0.25, 0.3) is 0 Å². The van der Waals surface area contributed by atoms with Crippen LogP contribution in [-0.2, 0) is 0 Å². The van der Waals surface area contributed by atoms with Crippen molar-refractivity contribution < 1.29 is 10.2 Å². The van der Waals surface area contributed by atoms with Crippen molar-refractivity contribution in [2.75, 3.05) is 0 Å². The summed E-state index contributed by atoms with van der Waals surface area (Å²) in [6, 6.07) is 0. The summed E-state index contributed by atoms with van der Waals surface area (Å²) >= 11 is 0. The van der Waals surface area contributed by atoms with Gasteiger partial charge in [-0.05, 0) is 12.8 Å². The van der Waals surface area contributed by atoms with Crippen molar-refractivity contribution in [3.63, 3.8) is 0 Å². The van der Waals surface area contributed by atoms with Crippen molar-refractivity contribution >= 4 is 8.07 Å². The van der Waals surface area contributed by atoms with E-state index in [1.165, 1.54) is 12.8 Å². The highest BCUT2D eigenvalue weighted by atomic mass is 28.3. The average Bonchev–Trinajstić information content (AvgIpc) is 2.05. The summed E-state index contributed by atoms with van der Waals surface area (Å²) in [6.07, 6.45) is 5.63. The average molecular weight is 216 g/mol. The third-order valence-corrected chi connectivity index (χ3v) is 6.82. The van der Waals surface area contributed by atoms with Crippen LogP contribution in [0.25, 0.3) is 0 Å². The first kappa shape index (κ1) is 12.2. The van der Waals surface area contributed by atoms with E-state index in [1.807, 2.05) is 0 Å². The fourth-order valence-electron chi connectivity index (χ4n) is 2.37. The van der Waals surface area contributed by atoms with Crippen LogP contribution >= 0.6 is 0 Å². The molecule has 84 valence electrons. The summed E-state index contributed by atoms with van der Waals surface area (Å²) in [7, 11) is -1.69. The lowest BCUT2D eigenvalue weighted by atomic mass is 9.95. The van der Waals surface area contributed by atoms with Crippen molar-refractivity contribution in [1.82, 2.24) is 0 Å². The molecule has 0 aromatic heterocycles. The normalized spacial score (nSPS) is 36.2. The molecule has 0 bridgehead atoms. The van der Waals surface area contributed by atoms with Gasteiger partial charge in [0.05, 0.1) is 19.4 Å². The maximum Gasteiger partial charge on any atom is 0.0854 e. The van der Waals surface area contributed by atoms with Gasteiger partial charge in [-0.25, -0.2) is 0 Å². The third-order valence-electron chi connectivity index (χ3n) is 3.64. The molecule has 3 heteroatoms. The predicted octanol–water partition coefficient (Wildman–Crippen LogP) is 2.31. The molecule has 14 heavy (non-hydrogen) atoms. The standard InChI is InChI=1S/C11H24O2Si/c1-14(2,3)11(13)9-7-5-4-6-8-10(11)12/h10,12-13H,4-9H2,1-3H3/t10-,11-/m0/s1. The zero-order valence-corrected chi connectivity index (χ0v) is 10.7. The van der Waals surface area contributed by atoms with Gasteiger partial charge < -0.3 is 10.2 Å². The summed E-state index contributed by atoms with van der Waals surface area (Å²) in [5.74, 6) is 0.